The molecule has 3 saturated heterocycles. The number of unbranched alkanes of at least 4 members (excludes halogenated alkanes) is 1. The number of phenols is 1. The summed E-state index contributed by atoms with van der Waals surface area (Å²) in [4.78, 5) is 258. The van der Waals surface area contributed by atoms with Crippen LogP contribution in [-0.2, 0) is 118 Å². The first-order valence-electron chi connectivity index (χ1n) is 44.4. The van der Waals surface area contributed by atoms with Gasteiger partial charge in [-0.05, 0) is 101 Å². The first-order valence-corrected chi connectivity index (χ1v) is 45.6. The normalized spacial score (nSPS) is 24.0. The molecule has 0 aliphatic carbocycles. The molecule has 6 aromatic rings. The number of aromatic nitrogens is 1. The van der Waals surface area contributed by atoms with Crippen molar-refractivity contribution in [3.63, 3.8) is 0 Å². The lowest BCUT2D eigenvalue weighted by Gasteiger charge is -2.38. The number of hydrogen-bond acceptors (Lipinski definition) is 21. The fraction of sp³-hybridized carbons (Fsp3) is 0.473. The number of aromatic hydroxyl groups is 1. The van der Waals surface area contributed by atoms with Gasteiger partial charge in [0.1, 0.15) is 90.1 Å². The Bertz CT molecular complexity index is 5310. The monoisotopic (exact) mass is 1920 g/mol. The van der Waals surface area contributed by atoms with Crippen LogP contribution in [0.3, 0.4) is 0 Å². The zero-order valence-corrected chi connectivity index (χ0v) is 77.1. The number of benzene rings is 5. The Morgan fingerprint density at radius 2 is 1.11 bits per heavy atom. The molecule has 3 aliphatic rings. The summed E-state index contributed by atoms with van der Waals surface area (Å²) in [6, 6.07) is 3.12. The number of morpholine rings is 1. The first-order chi connectivity index (χ1) is 64.5. The summed E-state index contributed by atoms with van der Waals surface area (Å²) in [6.45, 7) is 5.41. The molecule has 0 saturated carbocycles. The highest BCUT2D eigenvalue weighted by molar-refractivity contribution is 8.00. The molecule has 734 valence electrons. The number of H-pyrrole nitrogens is 1. The molecule has 0 spiro atoms. The van der Waals surface area contributed by atoms with Gasteiger partial charge in [-0.1, -0.05) is 120 Å². The van der Waals surface area contributed by atoms with Gasteiger partial charge in [-0.3, -0.25) is 81.5 Å². The standard InChI is InChI=1S/C93H116F4N16O22S/c1-9-10-20-70-92(133)113-45-58(115)41-72(113)87(128)106-67(42-78(120)121)85(126)108-80(50(4)5)93(134)110(7)71(38-51-16-12-11-13-17-51)86(127)102-63(29-30-77(118)119)90(131)112-31-32-135-46-74(112)88(129)105-66(40-55-43-99-62-19-15-14-18-59(55)62)84(125)104-65(36-52-23-27-57(114)28-24-52)83(124)103-64(33-49(2)3)82(123)107-69(81(122)100-44-75(98)116)47-136-48-76(117)101-68(37-54-34-60(95)79(97)61(96)35-54)89(130)111(8)73(91(132)109(70)6)39-53-21-25-56(94)26-22-53/h11-19,21-28,34-35,43,49-50,58,63-74,80,99,114-115H,9-10,20,29-33,36-42,44-48H2,1-8H3,(H2,98,116)(H,100,122)(H,101,117)(H,102,127)(H,103,124)(H,104,125)(H,105,129)(H,106,128)(H,107,123)(H,108,126)(H,118,119)(H,120,121)/t58-,63+,64+,65+,66+,67+,68+,69+,70+,71+,72-,73+,74-,80+/m1/s1. The average Bonchev–Trinajstić information content (AvgIpc) is 1.58. The van der Waals surface area contributed by atoms with E-state index >= 15 is 56.7 Å². The van der Waals surface area contributed by atoms with E-state index < -0.39 is 309 Å². The number of aliphatic hydroxyl groups excluding tert-OH is 1. The number of halogens is 4. The summed E-state index contributed by atoms with van der Waals surface area (Å²) < 4.78 is 65.6. The number of aliphatic carboxylic acids is 2. The quantitative estimate of drug-likeness (QED) is 0.0298. The highest BCUT2D eigenvalue weighted by Crippen LogP contribution is 2.28. The van der Waals surface area contributed by atoms with Crippen molar-refractivity contribution in [1.29, 1.82) is 0 Å². The van der Waals surface area contributed by atoms with Crippen LogP contribution >= 0.6 is 11.8 Å². The molecule has 3 fully saturated rings. The van der Waals surface area contributed by atoms with Crippen molar-refractivity contribution in [3.8, 4) is 5.75 Å². The van der Waals surface area contributed by atoms with Crippen molar-refractivity contribution in [1.82, 2.24) is 77.3 Å². The third-order valence-electron chi connectivity index (χ3n) is 23.6. The maximum Gasteiger partial charge on any atom is 0.305 e. The summed E-state index contributed by atoms with van der Waals surface area (Å²) in [7, 11) is 3.43. The number of carboxylic acids is 2. The second-order valence-electron chi connectivity index (χ2n) is 34.7. The second-order valence-corrected chi connectivity index (χ2v) is 35.7. The van der Waals surface area contributed by atoms with E-state index in [1.807, 2.05) is 0 Å². The minimum atomic E-state index is -2.09. The van der Waals surface area contributed by atoms with Gasteiger partial charge in [-0.25, -0.2) is 17.6 Å². The number of carboxylic acid groups (broad SMARTS) is 2. The van der Waals surface area contributed by atoms with E-state index in [1.165, 1.54) is 64.3 Å². The first kappa shape index (κ1) is 106. The number of ether oxygens (including phenoxy) is 1. The second kappa shape index (κ2) is 49.6. The highest BCUT2D eigenvalue weighted by Gasteiger charge is 2.48. The van der Waals surface area contributed by atoms with Gasteiger partial charge in [0.25, 0.3) is 0 Å². The lowest BCUT2D eigenvalue weighted by molar-refractivity contribution is -0.152. The number of nitrogens with zero attached hydrogens (tertiary/aromatic N) is 5. The molecular formula is C93H116F4N16O22S. The Morgan fingerprint density at radius 3 is 1.75 bits per heavy atom. The van der Waals surface area contributed by atoms with Crippen LogP contribution in [0.25, 0.3) is 10.9 Å². The number of likely N-dealkylation sites (N-methyl/N-ethyl adjacent to an activating group) is 3. The van der Waals surface area contributed by atoms with E-state index in [2.05, 4.69) is 52.8 Å². The Kier molecular flexibility index (Phi) is 38.7. The van der Waals surface area contributed by atoms with Gasteiger partial charge < -0.3 is 108 Å². The Balaban J connectivity index is 1.15. The molecule has 0 radical (unpaired) electrons. The number of aromatic amines is 1. The van der Waals surface area contributed by atoms with Crippen molar-refractivity contribution in [2.45, 2.75) is 203 Å². The van der Waals surface area contributed by atoms with E-state index in [9.17, 15) is 62.8 Å². The number of thioether (sulfide) groups is 1. The number of carbonyl (C=O) groups is 17. The van der Waals surface area contributed by atoms with E-state index in [4.69, 9.17) is 10.5 Å². The number of rotatable bonds is 24. The molecule has 14 atom stereocenters. The van der Waals surface area contributed by atoms with Crippen molar-refractivity contribution in [3.05, 3.63) is 173 Å². The van der Waals surface area contributed by atoms with E-state index in [-0.39, 0.29) is 50.0 Å². The van der Waals surface area contributed by atoms with Crippen LogP contribution in [0.1, 0.15) is 114 Å². The van der Waals surface area contributed by atoms with Gasteiger partial charge in [-0.2, -0.15) is 0 Å². The summed E-state index contributed by atoms with van der Waals surface area (Å²) in [5, 5.41) is 65.8. The maximum absolute atomic E-state index is 15.7. The molecule has 38 nitrogen and oxygen atoms in total. The number of hydrogen-bond donors (Lipinski definition) is 15. The minimum absolute atomic E-state index is 0.173. The molecule has 15 amide bonds. The predicted octanol–water partition coefficient (Wildman–Crippen LogP) is 1.07. The summed E-state index contributed by atoms with van der Waals surface area (Å²) in [6.07, 6.45) is -5.42. The van der Waals surface area contributed by atoms with Gasteiger partial charge in [0, 0.05) is 102 Å². The number of nitrogens with two attached hydrogens (primary N) is 1. The summed E-state index contributed by atoms with van der Waals surface area (Å²) in [5.74, 6) is -28.5. The largest absolute Gasteiger partial charge is 0.508 e. The van der Waals surface area contributed by atoms with Crippen LogP contribution in [0, 0.1) is 35.1 Å². The molecule has 43 heteroatoms. The lowest BCUT2D eigenvalue weighted by Crippen LogP contribution is -2.64. The number of amides is 15. The van der Waals surface area contributed by atoms with Crippen LogP contribution in [0.5, 0.6) is 5.75 Å². The fourth-order valence-corrected chi connectivity index (χ4v) is 17.1. The Morgan fingerprint density at radius 1 is 0.551 bits per heavy atom. The zero-order chi connectivity index (χ0) is 99.6. The lowest BCUT2D eigenvalue weighted by atomic mass is 9.98. The van der Waals surface area contributed by atoms with Crippen LogP contribution in [0.15, 0.2) is 121 Å². The number of carbonyl (C=O) groups excluding carboxylic acids is 15. The highest BCUT2D eigenvalue weighted by atomic mass is 32.2. The molecule has 136 heavy (non-hydrogen) atoms. The van der Waals surface area contributed by atoms with Crippen molar-refractivity contribution < 1.29 is 124 Å². The van der Waals surface area contributed by atoms with E-state index in [0.717, 1.165) is 43.7 Å². The molecule has 9 rings (SSSR count). The van der Waals surface area contributed by atoms with Gasteiger partial charge in [0.2, 0.25) is 88.6 Å². The van der Waals surface area contributed by atoms with Crippen LogP contribution in [-0.4, -0.2) is 301 Å². The van der Waals surface area contributed by atoms with Crippen molar-refractivity contribution in [2.75, 3.05) is 65.5 Å². The number of nitrogens with one attached hydrogen (secondary N) is 10. The van der Waals surface area contributed by atoms with Gasteiger partial charge >= 0.3 is 11.9 Å². The number of primary amides is 1. The fourth-order valence-electron chi connectivity index (χ4n) is 16.3. The number of para-hydroxylation sites is 1. The molecule has 3 aliphatic heterocycles. The smallest absolute Gasteiger partial charge is 0.305 e. The molecule has 0 unspecified atom stereocenters. The van der Waals surface area contributed by atoms with Gasteiger partial charge in [0.15, 0.2) is 17.5 Å². The number of aliphatic hydroxyl groups is 1. The third kappa shape index (κ3) is 29.5. The van der Waals surface area contributed by atoms with Crippen molar-refractivity contribution >= 4 is 123 Å². The Hall–Kier alpha value is -13.6. The van der Waals surface area contributed by atoms with Crippen LogP contribution in [0.2, 0.25) is 0 Å². The SMILES string of the molecule is CCCC[C@H]1C(=O)N2C[C@H](O)C[C@@H]2C(=O)N[C@@H](CC(=O)O)C(=O)N[C@@H](C(C)C)C(=O)N(C)[C@@H](Cc2ccccc2)C(=O)N[C@@H](CCC(=O)O)C(=O)N2CCOC[C@@H]2C(=O)N[C@@H](Cc2c[nH]c3ccccc23)C(=O)N[C@@H](Cc2ccc(O)cc2)C(=O)N[C@@H](CC(C)C)C(=O)N[C@H](C(=O)NCC(N)=O)CSCC(=O)N[C@@H](Cc2cc(F)c(F)c(F)c2)C(=O)N(C)[C@@H](Cc2ccc(F)cc2)C(=O)N1C. The predicted molar refractivity (Wildman–Crippen MR) is 484 cm³/mol. The number of fused-ring (bicyclic) bond motifs is 3. The maximum atomic E-state index is 15.7. The van der Waals surface area contributed by atoms with E-state index in [0.29, 0.717) is 57.9 Å². The summed E-state index contributed by atoms with van der Waals surface area (Å²) >= 11 is 0.617. The van der Waals surface area contributed by atoms with Gasteiger partial charge in [-0.15, -0.1) is 11.8 Å². The van der Waals surface area contributed by atoms with Crippen LogP contribution < -0.4 is 53.6 Å². The minimum Gasteiger partial charge on any atom is -0.508 e. The number of phenolic OH excluding ortho intramolecular Hbond substituents is 1. The molecule has 1 aromatic heterocycles. The average molecular weight is 1920 g/mol. The van der Waals surface area contributed by atoms with Gasteiger partial charge in [0.05, 0.1) is 38.0 Å². The molecular weight excluding hydrogens is 1800 g/mol. The van der Waals surface area contributed by atoms with Crippen molar-refractivity contribution in [2.24, 2.45) is 17.6 Å². The zero-order valence-electron chi connectivity index (χ0n) is 76.3. The topological polar surface area (TPSA) is 547 Å². The van der Waals surface area contributed by atoms with E-state index in [1.54, 1.807) is 81.6 Å². The molecule has 16 N–H and O–H groups in total. The molecule has 5 aromatic carbocycles. The Labute approximate surface area is 785 Å². The molecule has 0 bridgehead atoms. The third-order valence-corrected chi connectivity index (χ3v) is 24.7. The van der Waals surface area contributed by atoms with Crippen LogP contribution in [0.4, 0.5) is 17.6 Å². The summed E-state index contributed by atoms with van der Waals surface area (Å²) in [5.41, 5.74) is 6.92. The molecule has 4 heterocycles.